The highest BCUT2D eigenvalue weighted by atomic mass is 35.5. The van der Waals surface area contributed by atoms with Gasteiger partial charge in [0, 0.05) is 12.5 Å². The summed E-state index contributed by atoms with van der Waals surface area (Å²) in [6.45, 7) is 3.20. The molecular weight excluding hydrogens is 317 g/mol. The van der Waals surface area contributed by atoms with Crippen molar-refractivity contribution in [3.05, 3.63) is 39.6 Å². The number of carbonyl (C=O) groups is 2. The molecule has 0 N–H and O–H groups in total. The molecule has 110 valence electrons. The summed E-state index contributed by atoms with van der Waals surface area (Å²) in [5, 5.41) is 0.356. The van der Waals surface area contributed by atoms with E-state index in [1.54, 1.807) is 6.92 Å². The molecule has 2 aromatic rings. The number of aromatic nitrogens is 1. The van der Waals surface area contributed by atoms with Crippen molar-refractivity contribution in [3.8, 4) is 10.6 Å². The van der Waals surface area contributed by atoms with Crippen molar-refractivity contribution in [2.24, 2.45) is 0 Å². The van der Waals surface area contributed by atoms with Gasteiger partial charge in [0.05, 0.1) is 11.6 Å². The molecule has 0 amide bonds. The predicted octanol–water partition coefficient (Wildman–Crippen LogP) is 3.98. The molecule has 0 saturated heterocycles. The quantitative estimate of drug-likeness (QED) is 0.629. The molecule has 0 atom stereocenters. The molecule has 1 aromatic carbocycles. The second kappa shape index (κ2) is 6.32. The highest BCUT2D eigenvalue weighted by Gasteiger charge is 2.23. The van der Waals surface area contributed by atoms with E-state index in [0.29, 0.717) is 10.6 Å². The van der Waals surface area contributed by atoms with Gasteiger partial charge in [-0.05, 0) is 25.1 Å². The highest BCUT2D eigenvalue weighted by Crippen LogP contribution is 2.31. The molecule has 0 aliphatic heterocycles. The number of nitrogens with zero attached hydrogens (tertiary/aromatic N) is 1. The number of Topliss-reactive ketones (excluding diaryl/α,β-unsaturated/α-hetero) is 1. The number of ketones is 1. The Kier molecular flexibility index (Phi) is 4.69. The number of halogens is 2. The van der Waals surface area contributed by atoms with Crippen LogP contribution in [0.3, 0.4) is 0 Å². The standard InChI is InChI=1S/C14H11ClFNO3S/c1-3-20-14(19)11-12(7(2)18)21-13(17-11)8-4-5-10(16)9(15)6-8/h4-6H,3H2,1-2H3. The molecule has 0 bridgehead atoms. The zero-order chi connectivity index (χ0) is 15.6. The van der Waals surface area contributed by atoms with Crippen LogP contribution in [0.2, 0.25) is 5.02 Å². The summed E-state index contributed by atoms with van der Waals surface area (Å²) in [6.07, 6.45) is 0. The molecule has 1 heterocycles. The topological polar surface area (TPSA) is 56.3 Å². The van der Waals surface area contributed by atoms with Crippen molar-refractivity contribution < 1.29 is 18.7 Å². The van der Waals surface area contributed by atoms with Gasteiger partial charge in [-0.1, -0.05) is 11.6 Å². The van der Waals surface area contributed by atoms with E-state index in [9.17, 15) is 14.0 Å². The fourth-order valence-electron chi connectivity index (χ4n) is 1.65. The average molecular weight is 328 g/mol. The number of hydrogen-bond acceptors (Lipinski definition) is 5. The molecular formula is C14H11ClFNO3S. The summed E-state index contributed by atoms with van der Waals surface area (Å²) in [4.78, 5) is 27.8. The summed E-state index contributed by atoms with van der Waals surface area (Å²) in [6, 6.07) is 4.09. The van der Waals surface area contributed by atoms with Crippen molar-refractivity contribution in [1.82, 2.24) is 4.98 Å². The molecule has 0 spiro atoms. The third kappa shape index (κ3) is 3.28. The van der Waals surface area contributed by atoms with Crippen LogP contribution >= 0.6 is 22.9 Å². The van der Waals surface area contributed by atoms with Crippen LogP contribution in [-0.4, -0.2) is 23.3 Å². The summed E-state index contributed by atoms with van der Waals surface area (Å²) in [5.74, 6) is -1.48. The maximum Gasteiger partial charge on any atom is 0.358 e. The normalized spacial score (nSPS) is 10.5. The SMILES string of the molecule is CCOC(=O)c1nc(-c2ccc(F)c(Cl)c2)sc1C(C)=O. The molecule has 0 radical (unpaired) electrons. The maximum atomic E-state index is 13.2. The second-order valence-corrected chi connectivity index (χ2v) is 5.51. The fraction of sp³-hybridized carbons (Fsp3) is 0.214. The minimum atomic E-state index is -0.654. The Morgan fingerprint density at radius 3 is 2.71 bits per heavy atom. The van der Waals surface area contributed by atoms with Crippen molar-refractivity contribution in [3.63, 3.8) is 0 Å². The van der Waals surface area contributed by atoms with Crippen LogP contribution in [0.15, 0.2) is 18.2 Å². The summed E-state index contributed by atoms with van der Waals surface area (Å²) in [7, 11) is 0. The number of hydrogen-bond donors (Lipinski definition) is 0. The zero-order valence-electron chi connectivity index (χ0n) is 11.3. The molecule has 1 aromatic heterocycles. The molecule has 0 fully saturated rings. The lowest BCUT2D eigenvalue weighted by molar-refractivity contribution is 0.0517. The van der Waals surface area contributed by atoms with E-state index in [-0.39, 0.29) is 28.0 Å². The molecule has 0 saturated carbocycles. The number of rotatable bonds is 4. The van der Waals surface area contributed by atoms with Gasteiger partial charge in [0.2, 0.25) is 0 Å². The van der Waals surface area contributed by atoms with Crippen LogP contribution in [0, 0.1) is 5.82 Å². The van der Waals surface area contributed by atoms with Crippen molar-refractivity contribution >= 4 is 34.7 Å². The van der Waals surface area contributed by atoms with Gasteiger partial charge in [-0.2, -0.15) is 0 Å². The van der Waals surface area contributed by atoms with Crippen LogP contribution in [0.1, 0.15) is 34.0 Å². The van der Waals surface area contributed by atoms with Gasteiger partial charge < -0.3 is 4.74 Å². The zero-order valence-corrected chi connectivity index (χ0v) is 12.8. The maximum absolute atomic E-state index is 13.2. The van der Waals surface area contributed by atoms with Gasteiger partial charge in [-0.15, -0.1) is 11.3 Å². The first-order chi connectivity index (χ1) is 9.93. The third-order valence-corrected chi connectivity index (χ3v) is 4.08. The summed E-state index contributed by atoms with van der Waals surface area (Å²) < 4.78 is 18.1. The first-order valence-electron chi connectivity index (χ1n) is 6.08. The fourth-order valence-corrected chi connectivity index (χ4v) is 2.77. The largest absolute Gasteiger partial charge is 0.461 e. The van der Waals surface area contributed by atoms with Gasteiger partial charge in [0.15, 0.2) is 11.5 Å². The third-order valence-electron chi connectivity index (χ3n) is 2.58. The van der Waals surface area contributed by atoms with Crippen molar-refractivity contribution in [2.75, 3.05) is 6.61 Å². The highest BCUT2D eigenvalue weighted by molar-refractivity contribution is 7.17. The number of esters is 1. The monoisotopic (exact) mass is 327 g/mol. The summed E-state index contributed by atoms with van der Waals surface area (Å²) >= 11 is 6.78. The van der Waals surface area contributed by atoms with Gasteiger partial charge >= 0.3 is 5.97 Å². The molecule has 21 heavy (non-hydrogen) atoms. The van der Waals surface area contributed by atoms with E-state index in [1.807, 2.05) is 0 Å². The number of benzene rings is 1. The van der Waals surface area contributed by atoms with Crippen LogP contribution in [0.4, 0.5) is 4.39 Å². The van der Waals surface area contributed by atoms with Gasteiger partial charge in [0.1, 0.15) is 15.7 Å². The Balaban J connectivity index is 2.50. The van der Waals surface area contributed by atoms with Crippen LogP contribution in [-0.2, 0) is 4.74 Å². The number of carbonyl (C=O) groups excluding carboxylic acids is 2. The predicted molar refractivity (Wildman–Crippen MR) is 78.5 cm³/mol. The molecule has 0 aliphatic rings. The Morgan fingerprint density at radius 2 is 2.14 bits per heavy atom. The van der Waals surface area contributed by atoms with E-state index >= 15 is 0 Å². The lowest BCUT2D eigenvalue weighted by Gasteiger charge is -1.99. The van der Waals surface area contributed by atoms with Gasteiger partial charge in [0.25, 0.3) is 0 Å². The molecule has 4 nitrogen and oxygen atoms in total. The Bertz CT molecular complexity index is 714. The van der Waals surface area contributed by atoms with Crippen LogP contribution in [0.5, 0.6) is 0 Å². The second-order valence-electron chi connectivity index (χ2n) is 4.10. The Morgan fingerprint density at radius 1 is 1.43 bits per heavy atom. The van der Waals surface area contributed by atoms with Crippen LogP contribution in [0.25, 0.3) is 10.6 Å². The van der Waals surface area contributed by atoms with Crippen molar-refractivity contribution in [2.45, 2.75) is 13.8 Å². The van der Waals surface area contributed by atoms with Gasteiger partial charge in [-0.25, -0.2) is 14.2 Å². The van der Waals surface area contributed by atoms with E-state index in [1.165, 1.54) is 25.1 Å². The lowest BCUT2D eigenvalue weighted by atomic mass is 10.2. The van der Waals surface area contributed by atoms with Gasteiger partial charge in [-0.3, -0.25) is 4.79 Å². The van der Waals surface area contributed by atoms with E-state index in [2.05, 4.69) is 4.98 Å². The lowest BCUT2D eigenvalue weighted by Crippen LogP contribution is -2.09. The molecule has 0 unspecified atom stereocenters. The minimum Gasteiger partial charge on any atom is -0.461 e. The van der Waals surface area contributed by atoms with E-state index < -0.39 is 11.8 Å². The number of thiazole rings is 1. The average Bonchev–Trinajstić information content (AvgIpc) is 2.87. The molecule has 0 aliphatic carbocycles. The molecule has 7 heteroatoms. The van der Waals surface area contributed by atoms with Crippen molar-refractivity contribution in [1.29, 1.82) is 0 Å². The summed E-state index contributed by atoms with van der Waals surface area (Å²) in [5.41, 5.74) is 0.509. The Hall–Kier alpha value is -1.79. The van der Waals surface area contributed by atoms with Crippen LogP contribution < -0.4 is 0 Å². The van der Waals surface area contributed by atoms with E-state index in [4.69, 9.17) is 16.3 Å². The Labute approximate surface area is 129 Å². The van der Waals surface area contributed by atoms with E-state index in [0.717, 1.165) is 11.3 Å². The number of ether oxygens (including phenoxy) is 1. The first kappa shape index (κ1) is 15.6. The first-order valence-corrected chi connectivity index (χ1v) is 7.27. The smallest absolute Gasteiger partial charge is 0.358 e. The molecule has 2 rings (SSSR count). The minimum absolute atomic E-state index is 0.0233.